The van der Waals surface area contributed by atoms with Gasteiger partial charge in [0.25, 0.3) is 0 Å². The molecular weight excluding hydrogens is 1430 g/mol. The molecule has 106 heavy (non-hydrogen) atoms. The van der Waals surface area contributed by atoms with E-state index in [1.165, 1.54) is 48.5 Å². The van der Waals surface area contributed by atoms with Crippen molar-refractivity contribution in [2.24, 2.45) is 61.6 Å². The molecule has 42 heteroatoms. The van der Waals surface area contributed by atoms with Gasteiger partial charge in [0.2, 0.25) is 65.0 Å². The van der Waals surface area contributed by atoms with E-state index >= 15 is 0 Å². The number of aliphatic imine (C=N–C) groups is 2. The number of phenolic OH excluding ortho intramolecular Hbond substituents is 2. The maximum Gasteiger partial charge on any atom is 0.312 e. The lowest BCUT2D eigenvalue weighted by Gasteiger charge is -2.31. The van der Waals surface area contributed by atoms with Crippen molar-refractivity contribution in [2.45, 2.75) is 176 Å². The van der Waals surface area contributed by atoms with Crippen LogP contribution in [0.25, 0.3) is 0 Å². The van der Waals surface area contributed by atoms with Gasteiger partial charge in [-0.25, -0.2) is 9.59 Å². The number of rotatable bonds is 49. The molecule has 1 aliphatic rings. The summed E-state index contributed by atoms with van der Waals surface area (Å²) >= 11 is 8.30. The van der Waals surface area contributed by atoms with Crippen LogP contribution >= 0.6 is 25.3 Å². The number of likely N-dealkylation sites (tertiary alicyclic amines) is 1. The standard InChI is InChI=1S/C64H103N23O17S2/c65-24-2-1-8-40(79-52(94)42(11-5-27-76-63(72)103)81-56(98)45(84-51(93)38(66)32-105)30-34-14-18-36(88)19-15-34)54(96)83-44(22-23-49(90)91)60(102)87-29-7-13-48(87)59(101)85-46(31-35-16-20-37(89)21-17-35)57(99)82-41(10-4-26-75-62(70)71)53(95)80-43(12-6-28-77-64(73)104)55(97)86-47(33-106)58(100)78-39(50(67)92)9-3-25-74-61(68)69/h14-21,38-48,88-89,105-106H,1-13,22-33,65-66H2,(H2,67,92)(H,78,100)(H,79,94)(H,80,95)(H,81,98)(H,82,99)(H,83,96)(H,84,93)(H,85,101)(H,86,97)(H,90,91)(H4,68,69,74)(H4,70,71,75)(H3,72,76,103)(H3,73,77,104)/t38-,39-,40-,41-,42-,43-,44+,45-,46-,47-,48-/m0/s1. The Morgan fingerprint density at radius 1 is 0.462 bits per heavy atom. The summed E-state index contributed by atoms with van der Waals surface area (Å²) in [7, 11) is 0. The van der Waals surface area contributed by atoms with Crippen LogP contribution in [0.1, 0.15) is 107 Å². The molecule has 0 spiro atoms. The van der Waals surface area contributed by atoms with E-state index in [1.807, 2.05) is 0 Å². The van der Waals surface area contributed by atoms with E-state index in [2.05, 4.69) is 93.7 Å². The summed E-state index contributed by atoms with van der Waals surface area (Å²) in [4.78, 5) is 200. The van der Waals surface area contributed by atoms with Gasteiger partial charge in [0.15, 0.2) is 11.9 Å². The molecular formula is C64H103N23O17S2. The summed E-state index contributed by atoms with van der Waals surface area (Å²) in [6.07, 6.45) is -1.66. The van der Waals surface area contributed by atoms with Crippen LogP contribution in [0.2, 0.25) is 0 Å². The topological polar surface area (TPSA) is 694 Å². The van der Waals surface area contributed by atoms with Crippen molar-refractivity contribution in [3.8, 4) is 11.5 Å². The van der Waals surface area contributed by atoms with E-state index < -0.39 is 162 Å². The van der Waals surface area contributed by atoms with Crippen LogP contribution in [0.5, 0.6) is 11.5 Å². The summed E-state index contributed by atoms with van der Waals surface area (Å²) < 4.78 is 0. The maximum absolute atomic E-state index is 14.9. The highest BCUT2D eigenvalue weighted by Gasteiger charge is 2.41. The fourth-order valence-corrected chi connectivity index (χ4v) is 11.2. The minimum absolute atomic E-state index is 0.00171. The second kappa shape index (κ2) is 47.7. The average Bonchev–Trinajstić information content (AvgIpc) is 1.57. The molecule has 1 heterocycles. The van der Waals surface area contributed by atoms with Gasteiger partial charge in [-0.2, -0.15) is 25.3 Å². The van der Waals surface area contributed by atoms with Crippen molar-refractivity contribution in [2.75, 3.05) is 50.8 Å². The number of primary amides is 3. The molecule has 1 fully saturated rings. The Labute approximate surface area is 622 Å². The van der Waals surface area contributed by atoms with E-state index in [1.54, 1.807) is 0 Å². The number of benzene rings is 2. The van der Waals surface area contributed by atoms with Crippen molar-refractivity contribution >= 4 is 120 Å². The van der Waals surface area contributed by atoms with Crippen LogP contribution < -0.4 is 110 Å². The minimum Gasteiger partial charge on any atom is -0.508 e. The normalized spacial score (nSPS) is 15.2. The largest absolute Gasteiger partial charge is 0.508 e. The molecule has 3 rings (SSSR count). The van der Waals surface area contributed by atoms with Crippen LogP contribution in [0.4, 0.5) is 9.59 Å². The van der Waals surface area contributed by atoms with Gasteiger partial charge in [0.1, 0.15) is 71.9 Å². The lowest BCUT2D eigenvalue weighted by molar-refractivity contribution is -0.143. The number of thiol groups is 2. The molecule has 2 aromatic carbocycles. The number of nitrogens with zero attached hydrogens (tertiary/aromatic N) is 3. The first-order valence-corrected chi connectivity index (χ1v) is 35.5. The van der Waals surface area contributed by atoms with Gasteiger partial charge in [-0.15, -0.1) is 0 Å². The number of guanidine groups is 2. The number of carboxylic acid groups (broad SMARTS) is 1. The second-order valence-electron chi connectivity index (χ2n) is 24.8. The zero-order valence-corrected chi connectivity index (χ0v) is 60.4. The van der Waals surface area contributed by atoms with Gasteiger partial charge < -0.3 is 130 Å². The molecule has 0 aliphatic carbocycles. The summed E-state index contributed by atoms with van der Waals surface area (Å²) in [5.41, 5.74) is 50.6. The molecule has 0 saturated carbocycles. The molecule has 32 N–H and O–H groups in total. The fraction of sp³-hybridized carbons (Fsp3) is 0.562. The minimum atomic E-state index is -1.69. The molecule has 11 atom stereocenters. The van der Waals surface area contributed by atoms with Crippen LogP contribution in [-0.2, 0) is 70.4 Å². The molecule has 0 radical (unpaired) electrons. The van der Waals surface area contributed by atoms with E-state index in [4.69, 9.17) is 51.6 Å². The summed E-state index contributed by atoms with van der Waals surface area (Å²) in [5, 5.41) is 57.9. The number of carbonyl (C=O) groups excluding carboxylic acids is 13. The number of hydrogen-bond donors (Lipinski definition) is 25. The Kier molecular flexibility index (Phi) is 40.3. The fourth-order valence-electron chi connectivity index (χ4n) is 10.8. The zero-order valence-electron chi connectivity index (χ0n) is 58.6. The number of nitrogens with two attached hydrogens (primary N) is 9. The Morgan fingerprint density at radius 3 is 1.25 bits per heavy atom. The Hall–Kier alpha value is -10.6. The average molecular weight is 1530 g/mol. The number of hydrogen-bond acceptors (Lipinski definition) is 22. The SMILES string of the molecule is NCCCC[C@H](NC(=O)[C@H](CCCNC(N)=O)NC(=O)[C@H](Cc1ccc(O)cc1)NC(=O)[C@@H](N)CS)C(=O)N[C@H](CCC(=O)O)C(=O)N1CCC[C@H]1C(=O)N[C@@H](Cc1ccc(O)cc1)C(=O)N[C@@H](CCCN=C(N)N)C(=O)N[C@@H](CCCNC(N)=O)C(=O)N[C@@H](CS)C(=O)N[C@@H](CCCN=C(N)N)C(N)=O. The first-order valence-electron chi connectivity index (χ1n) is 34.2. The third-order valence-corrected chi connectivity index (χ3v) is 17.2. The molecule has 2 aromatic rings. The highest BCUT2D eigenvalue weighted by molar-refractivity contribution is 7.80. The third kappa shape index (κ3) is 33.9. The predicted octanol–water partition coefficient (Wildman–Crippen LogP) is -7.09. The van der Waals surface area contributed by atoms with Crippen molar-refractivity contribution in [1.82, 2.24) is 63.4 Å². The van der Waals surface area contributed by atoms with Crippen molar-refractivity contribution in [3.05, 3.63) is 59.7 Å². The number of unbranched alkanes of at least 4 members (excludes halogenated alkanes) is 1. The van der Waals surface area contributed by atoms with Crippen LogP contribution in [-0.4, -0.2) is 232 Å². The van der Waals surface area contributed by atoms with E-state index in [0.717, 1.165) is 4.90 Å². The lowest BCUT2D eigenvalue weighted by atomic mass is 10.0. The Morgan fingerprint density at radius 2 is 0.840 bits per heavy atom. The van der Waals surface area contributed by atoms with Gasteiger partial charge in [-0.3, -0.25) is 67.5 Å². The Bertz CT molecular complexity index is 3350. The predicted molar refractivity (Wildman–Crippen MR) is 394 cm³/mol. The number of aliphatic carboxylic acids is 1. The van der Waals surface area contributed by atoms with E-state index in [9.17, 15) is 82.4 Å². The van der Waals surface area contributed by atoms with Gasteiger partial charge in [0.05, 0.1) is 6.04 Å². The summed E-state index contributed by atoms with van der Waals surface area (Å²) in [6, 6.07) is -6.67. The number of carbonyl (C=O) groups is 14. The molecule has 40 nitrogen and oxygen atoms in total. The summed E-state index contributed by atoms with van der Waals surface area (Å²) in [6.45, 7) is -0.162. The first kappa shape index (κ1) is 89.6. The smallest absolute Gasteiger partial charge is 0.312 e. The van der Waals surface area contributed by atoms with E-state index in [-0.39, 0.29) is 164 Å². The molecule has 588 valence electrons. The molecule has 0 aromatic heterocycles. The molecule has 15 amide bonds. The first-order chi connectivity index (χ1) is 50.3. The Balaban J connectivity index is 2.03. The zero-order chi connectivity index (χ0) is 79.0. The number of phenols is 2. The van der Waals surface area contributed by atoms with Gasteiger partial charge in [0, 0.05) is 63.5 Å². The number of amides is 15. The lowest BCUT2D eigenvalue weighted by Crippen LogP contribution is -2.61. The molecule has 1 aliphatic heterocycles. The molecule has 0 bridgehead atoms. The van der Waals surface area contributed by atoms with Crippen LogP contribution in [0, 0.1) is 0 Å². The molecule has 0 unspecified atom stereocenters. The number of urea groups is 2. The third-order valence-electron chi connectivity index (χ3n) is 16.4. The number of aromatic hydroxyl groups is 2. The highest BCUT2D eigenvalue weighted by atomic mass is 32.1. The monoisotopic (exact) mass is 1530 g/mol. The molecule has 1 saturated heterocycles. The van der Waals surface area contributed by atoms with Gasteiger partial charge in [-0.1, -0.05) is 24.3 Å². The number of carboxylic acids is 1. The maximum atomic E-state index is 14.9. The van der Waals surface area contributed by atoms with Crippen molar-refractivity contribution < 1.29 is 82.4 Å². The second-order valence-corrected chi connectivity index (χ2v) is 25.6. The van der Waals surface area contributed by atoms with Crippen LogP contribution in [0.3, 0.4) is 0 Å². The number of nitrogens with one attached hydrogen (secondary N) is 11. The quantitative estimate of drug-likeness (QED) is 0.0127. The van der Waals surface area contributed by atoms with E-state index in [0.29, 0.717) is 17.5 Å². The van der Waals surface area contributed by atoms with Gasteiger partial charge in [-0.05, 0) is 132 Å². The van der Waals surface area contributed by atoms with Crippen molar-refractivity contribution in [1.29, 1.82) is 0 Å². The van der Waals surface area contributed by atoms with Crippen molar-refractivity contribution in [3.63, 3.8) is 0 Å². The highest BCUT2D eigenvalue weighted by Crippen LogP contribution is 2.22. The van der Waals surface area contributed by atoms with Gasteiger partial charge >= 0.3 is 18.0 Å². The van der Waals surface area contributed by atoms with Crippen LogP contribution in [0.15, 0.2) is 58.5 Å². The summed E-state index contributed by atoms with van der Waals surface area (Å²) in [5.74, 6) is -12.9.